The van der Waals surface area contributed by atoms with Gasteiger partial charge in [0, 0.05) is 42.3 Å². The Morgan fingerprint density at radius 2 is 1.66 bits per heavy atom. The van der Waals surface area contributed by atoms with Crippen LogP contribution in [0.5, 0.6) is 0 Å². The highest BCUT2D eigenvalue weighted by Crippen LogP contribution is 2.34. The number of imidazole rings is 1. The van der Waals surface area contributed by atoms with Crippen molar-refractivity contribution in [1.29, 1.82) is 0 Å². The molecule has 12 heteroatoms. The van der Waals surface area contributed by atoms with E-state index in [9.17, 15) is 22.4 Å². The summed E-state index contributed by atoms with van der Waals surface area (Å²) in [5, 5.41) is 4.83. The number of carbonyl (C=O) groups excluding carboxylic acids is 1. The number of aromatic amines is 1. The quantitative estimate of drug-likeness (QED) is 0.287. The molecule has 1 aliphatic rings. The Hall–Kier alpha value is -4.45. The van der Waals surface area contributed by atoms with E-state index in [1.165, 1.54) is 12.1 Å². The Morgan fingerprint density at radius 1 is 0.947 bits per heavy atom. The number of urea groups is 1. The number of alkyl halides is 3. The van der Waals surface area contributed by atoms with Crippen molar-refractivity contribution < 1.29 is 27.1 Å². The maximum atomic E-state index is 14.7. The molecule has 0 saturated carbocycles. The van der Waals surface area contributed by atoms with Crippen LogP contribution in [-0.2, 0) is 10.9 Å². The van der Waals surface area contributed by atoms with Gasteiger partial charge >= 0.3 is 12.2 Å². The number of morpholine rings is 1. The smallest absolute Gasteiger partial charge is 0.378 e. The second-order valence-corrected chi connectivity index (χ2v) is 8.47. The molecule has 1 fully saturated rings. The van der Waals surface area contributed by atoms with Crippen LogP contribution < -0.4 is 15.5 Å². The third-order valence-electron chi connectivity index (χ3n) is 5.93. The van der Waals surface area contributed by atoms with Crippen LogP contribution in [0.4, 0.5) is 39.7 Å². The third-order valence-corrected chi connectivity index (χ3v) is 5.93. The van der Waals surface area contributed by atoms with Crippen LogP contribution in [0.2, 0.25) is 0 Å². The SMILES string of the molecule is O=C(Nc1ccc(C(F)(F)F)cc1)Nc1cc(-c2nc(N3CCOCC3)[nH]c2-c2ccncc2)ccc1F. The highest BCUT2D eigenvalue weighted by molar-refractivity contribution is 6.00. The number of anilines is 3. The number of carbonyl (C=O) groups is 1. The first kappa shape index (κ1) is 25.2. The lowest BCUT2D eigenvalue weighted by molar-refractivity contribution is -0.137. The van der Waals surface area contributed by atoms with Crippen LogP contribution in [0.3, 0.4) is 0 Å². The van der Waals surface area contributed by atoms with Crippen LogP contribution in [0.25, 0.3) is 22.5 Å². The minimum atomic E-state index is -4.49. The number of hydrogen-bond acceptors (Lipinski definition) is 5. The maximum absolute atomic E-state index is 14.7. The second kappa shape index (κ2) is 10.5. The predicted molar refractivity (Wildman–Crippen MR) is 134 cm³/mol. The van der Waals surface area contributed by atoms with Gasteiger partial charge in [0.15, 0.2) is 0 Å². The first-order valence-electron chi connectivity index (χ1n) is 11.7. The number of ether oxygens (including phenoxy) is 1. The van der Waals surface area contributed by atoms with E-state index in [4.69, 9.17) is 9.72 Å². The number of amides is 2. The van der Waals surface area contributed by atoms with Crippen LogP contribution >= 0.6 is 0 Å². The van der Waals surface area contributed by atoms with E-state index in [1.807, 2.05) is 12.1 Å². The average Bonchev–Trinajstić information content (AvgIpc) is 3.36. The molecular formula is C26H22F4N6O2. The van der Waals surface area contributed by atoms with Gasteiger partial charge in [0.2, 0.25) is 5.95 Å². The van der Waals surface area contributed by atoms with Crippen molar-refractivity contribution in [2.45, 2.75) is 6.18 Å². The zero-order chi connectivity index (χ0) is 26.7. The molecule has 0 atom stereocenters. The van der Waals surface area contributed by atoms with Crippen molar-refractivity contribution in [3.63, 3.8) is 0 Å². The minimum Gasteiger partial charge on any atom is -0.378 e. The molecule has 2 aromatic heterocycles. The monoisotopic (exact) mass is 526 g/mol. The first-order valence-corrected chi connectivity index (χ1v) is 11.7. The summed E-state index contributed by atoms with van der Waals surface area (Å²) in [7, 11) is 0. The molecule has 0 bridgehead atoms. The fourth-order valence-corrected chi connectivity index (χ4v) is 4.02. The number of rotatable bonds is 5. The number of H-pyrrole nitrogens is 1. The molecule has 4 aromatic rings. The van der Waals surface area contributed by atoms with Gasteiger partial charge < -0.3 is 25.3 Å². The summed E-state index contributed by atoms with van der Waals surface area (Å²) in [6.45, 7) is 2.45. The van der Waals surface area contributed by atoms with E-state index in [2.05, 4.69) is 25.5 Å². The average molecular weight is 526 g/mol. The Balaban J connectivity index is 1.41. The van der Waals surface area contributed by atoms with Crippen LogP contribution in [0.1, 0.15) is 5.56 Å². The van der Waals surface area contributed by atoms with E-state index in [0.29, 0.717) is 49.2 Å². The molecule has 196 valence electrons. The largest absolute Gasteiger partial charge is 0.416 e. The molecule has 0 unspecified atom stereocenters. The Kier molecular flexibility index (Phi) is 6.97. The first-order chi connectivity index (χ1) is 18.3. The number of pyridine rings is 1. The molecule has 2 amide bonds. The summed E-state index contributed by atoms with van der Waals surface area (Å²) in [5.41, 5.74) is 1.75. The maximum Gasteiger partial charge on any atom is 0.416 e. The summed E-state index contributed by atoms with van der Waals surface area (Å²) in [6, 6.07) is 11.0. The van der Waals surface area contributed by atoms with Gasteiger partial charge in [-0.2, -0.15) is 13.2 Å². The van der Waals surface area contributed by atoms with Gasteiger partial charge in [0.25, 0.3) is 0 Å². The van der Waals surface area contributed by atoms with E-state index in [0.717, 1.165) is 29.8 Å². The van der Waals surface area contributed by atoms with E-state index in [-0.39, 0.29) is 11.4 Å². The number of nitrogens with one attached hydrogen (secondary N) is 3. The normalized spacial score (nSPS) is 13.8. The topological polar surface area (TPSA) is 95.2 Å². The molecule has 0 spiro atoms. The molecule has 38 heavy (non-hydrogen) atoms. The fraction of sp³-hybridized carbons (Fsp3) is 0.192. The van der Waals surface area contributed by atoms with Crippen molar-refractivity contribution in [2.24, 2.45) is 0 Å². The fourth-order valence-electron chi connectivity index (χ4n) is 4.02. The highest BCUT2D eigenvalue weighted by Gasteiger charge is 2.30. The van der Waals surface area contributed by atoms with Crippen LogP contribution in [0.15, 0.2) is 67.0 Å². The second-order valence-electron chi connectivity index (χ2n) is 8.47. The van der Waals surface area contributed by atoms with E-state index in [1.54, 1.807) is 18.5 Å². The standard InChI is InChI=1S/C26H22F4N6O2/c27-20-6-1-17(15-21(20)33-25(37)32-19-4-2-18(3-5-19)26(28,29)30)23-22(16-7-9-31-10-8-16)34-24(35-23)36-11-13-38-14-12-36/h1-10,15H,11-14H2,(H,34,35)(H2,32,33,37). The molecule has 8 nitrogen and oxygen atoms in total. The molecule has 2 aromatic carbocycles. The molecule has 0 radical (unpaired) electrons. The van der Waals surface area contributed by atoms with Crippen LogP contribution in [0, 0.1) is 5.82 Å². The summed E-state index contributed by atoms with van der Waals surface area (Å²) in [4.78, 5) is 26.7. The Morgan fingerprint density at radius 3 is 2.34 bits per heavy atom. The van der Waals surface area contributed by atoms with Gasteiger partial charge in [-0.3, -0.25) is 4.98 Å². The zero-order valence-electron chi connectivity index (χ0n) is 19.8. The lowest BCUT2D eigenvalue weighted by Gasteiger charge is -2.26. The van der Waals surface area contributed by atoms with E-state index < -0.39 is 23.6 Å². The van der Waals surface area contributed by atoms with E-state index >= 15 is 0 Å². The molecule has 5 rings (SSSR count). The predicted octanol–water partition coefficient (Wildman–Crippen LogP) is 5.78. The summed E-state index contributed by atoms with van der Waals surface area (Å²) in [6.07, 6.45) is -1.19. The Labute approximate surface area is 214 Å². The van der Waals surface area contributed by atoms with Gasteiger partial charge in [-0.05, 0) is 54.6 Å². The molecule has 1 saturated heterocycles. The van der Waals surface area contributed by atoms with Crippen LogP contribution in [-0.4, -0.2) is 47.3 Å². The van der Waals surface area contributed by atoms with Gasteiger partial charge in [0.1, 0.15) is 5.82 Å². The van der Waals surface area contributed by atoms with Crippen molar-refractivity contribution >= 4 is 23.4 Å². The van der Waals surface area contributed by atoms with Gasteiger partial charge in [-0.1, -0.05) is 0 Å². The minimum absolute atomic E-state index is 0.120. The number of aromatic nitrogens is 3. The molecule has 3 N–H and O–H groups in total. The van der Waals surface area contributed by atoms with Crippen molar-refractivity contribution in [1.82, 2.24) is 15.0 Å². The third kappa shape index (κ3) is 5.59. The summed E-state index contributed by atoms with van der Waals surface area (Å²) < 4.78 is 58.4. The summed E-state index contributed by atoms with van der Waals surface area (Å²) >= 11 is 0. The Bertz CT molecular complexity index is 1420. The highest BCUT2D eigenvalue weighted by atomic mass is 19.4. The number of halogens is 4. The summed E-state index contributed by atoms with van der Waals surface area (Å²) in [5.74, 6) is -0.0558. The lowest BCUT2D eigenvalue weighted by atomic mass is 10.1. The molecular weight excluding hydrogens is 504 g/mol. The molecule has 1 aliphatic heterocycles. The number of hydrogen-bond donors (Lipinski definition) is 3. The molecule has 0 aliphatic carbocycles. The number of nitrogens with zero attached hydrogens (tertiary/aromatic N) is 3. The lowest BCUT2D eigenvalue weighted by Crippen LogP contribution is -2.36. The molecule has 3 heterocycles. The van der Waals surface area contributed by atoms with Gasteiger partial charge in [-0.25, -0.2) is 14.2 Å². The van der Waals surface area contributed by atoms with Crippen molar-refractivity contribution in [2.75, 3.05) is 41.8 Å². The van der Waals surface area contributed by atoms with Crippen molar-refractivity contribution in [3.05, 3.63) is 78.4 Å². The van der Waals surface area contributed by atoms with Gasteiger partial charge in [-0.15, -0.1) is 0 Å². The number of benzene rings is 2. The van der Waals surface area contributed by atoms with Gasteiger partial charge in [0.05, 0.1) is 35.9 Å². The zero-order valence-corrected chi connectivity index (χ0v) is 19.8. The van der Waals surface area contributed by atoms with Crippen molar-refractivity contribution in [3.8, 4) is 22.5 Å².